The Balaban J connectivity index is 1.79. The van der Waals surface area contributed by atoms with Gasteiger partial charge in [-0.2, -0.15) is 31.2 Å². The Morgan fingerprint density at radius 3 is 2.26 bits per heavy atom. The Bertz CT molecular complexity index is 1600. The number of rotatable bonds is 5. The van der Waals surface area contributed by atoms with Crippen molar-refractivity contribution in [2.45, 2.75) is 30.0 Å². The van der Waals surface area contributed by atoms with E-state index in [1.165, 1.54) is 12.3 Å². The van der Waals surface area contributed by atoms with Crippen LogP contribution >= 0.6 is 0 Å². The number of benzene rings is 2. The molecule has 0 radical (unpaired) electrons. The Hall–Kier alpha value is -4.05. The number of carbonyl (C=O) groups is 3. The third-order valence-corrected chi connectivity index (χ3v) is 7.37. The van der Waals surface area contributed by atoms with E-state index in [0.717, 1.165) is 0 Å². The Labute approximate surface area is 215 Å². The van der Waals surface area contributed by atoms with Gasteiger partial charge in [-0.15, -0.1) is 0 Å². The van der Waals surface area contributed by atoms with Crippen LogP contribution in [0.25, 0.3) is 10.9 Å². The quantitative estimate of drug-likeness (QED) is 0.253. The Kier molecular flexibility index (Phi) is 6.67. The summed E-state index contributed by atoms with van der Waals surface area (Å²) in [4.78, 5) is 46.1. The number of nitrogens with zero attached hydrogens (tertiary/aromatic N) is 3. The number of alkyl halides is 6. The summed E-state index contributed by atoms with van der Waals surface area (Å²) in [6, 6.07) is 7.20. The monoisotopic (exact) mass is 576 g/mol. The van der Waals surface area contributed by atoms with Crippen molar-refractivity contribution in [3.8, 4) is 0 Å². The number of hydrogen-bond acceptors (Lipinski definition) is 7. The molecule has 16 heteroatoms. The number of anilines is 1. The van der Waals surface area contributed by atoms with Crippen LogP contribution in [0.3, 0.4) is 0 Å². The molecule has 1 unspecified atom stereocenters. The molecule has 1 saturated heterocycles. The van der Waals surface area contributed by atoms with E-state index in [0.29, 0.717) is 45.6 Å². The number of halogens is 6. The van der Waals surface area contributed by atoms with Gasteiger partial charge in [-0.25, -0.2) is 18.0 Å². The summed E-state index contributed by atoms with van der Waals surface area (Å²) in [6.07, 6.45) is -4.23. The summed E-state index contributed by atoms with van der Waals surface area (Å²) in [7, 11) is -5.76. The molecule has 2 aromatic carbocycles. The topological polar surface area (TPSA) is 111 Å². The summed E-state index contributed by atoms with van der Waals surface area (Å²) in [5.41, 5.74) is -4.85. The first kappa shape index (κ1) is 28.0. The summed E-state index contributed by atoms with van der Waals surface area (Å²) >= 11 is 0. The number of carbonyl (C=O) groups excluding carboxylic acids is 3. The van der Waals surface area contributed by atoms with Gasteiger partial charge >= 0.3 is 23.7 Å². The SMILES string of the molecule is Cc1cccc2nccc(C[N+]3(OC(=O)C(F)(F)F)CC(=O)N(c4ccc(S(=O)(=O)C(F)(F)F)cc4)C3=O)c12. The van der Waals surface area contributed by atoms with Gasteiger partial charge in [0.2, 0.25) is 6.54 Å². The molecule has 9 nitrogen and oxygen atoms in total. The highest BCUT2D eigenvalue weighted by Gasteiger charge is 2.60. The van der Waals surface area contributed by atoms with Crippen LogP contribution in [0.5, 0.6) is 0 Å². The van der Waals surface area contributed by atoms with Gasteiger partial charge in [-0.05, 0) is 53.5 Å². The standard InChI is InChI=1S/C23H16F6N3O6S/c1-13-3-2-4-17-19(13)14(9-10-30-17)11-32(38-20(34)22(24,25)26)12-18(33)31(21(32)35)15-5-7-16(8-6-15)39(36,37)23(27,28)29/h2-10H,11-12H2,1H3/q+1. The van der Waals surface area contributed by atoms with Crippen LogP contribution in [0.2, 0.25) is 0 Å². The lowest BCUT2D eigenvalue weighted by Gasteiger charge is -2.27. The molecule has 0 bridgehead atoms. The molecule has 0 spiro atoms. The molecule has 3 amide bonds. The molecule has 1 aromatic heterocycles. The minimum absolute atomic E-state index is 0.211. The van der Waals surface area contributed by atoms with Crippen molar-refractivity contribution in [1.82, 2.24) is 4.98 Å². The molecule has 39 heavy (non-hydrogen) atoms. The van der Waals surface area contributed by atoms with E-state index in [9.17, 15) is 49.1 Å². The average molecular weight is 576 g/mol. The minimum atomic E-state index is -5.76. The van der Waals surface area contributed by atoms with Crippen LogP contribution in [0, 0.1) is 6.92 Å². The van der Waals surface area contributed by atoms with Crippen LogP contribution < -0.4 is 4.90 Å². The van der Waals surface area contributed by atoms with E-state index in [-0.39, 0.29) is 5.56 Å². The predicted octanol–water partition coefficient (Wildman–Crippen LogP) is 4.34. The smallest absolute Gasteiger partial charge is 0.267 e. The number of amides is 3. The maximum absolute atomic E-state index is 13.5. The van der Waals surface area contributed by atoms with Gasteiger partial charge in [0.15, 0.2) is 6.54 Å². The highest BCUT2D eigenvalue weighted by molar-refractivity contribution is 7.92. The zero-order valence-electron chi connectivity index (χ0n) is 19.6. The number of aryl methyl sites for hydroxylation is 1. The van der Waals surface area contributed by atoms with Gasteiger partial charge in [-0.3, -0.25) is 14.6 Å². The molecule has 0 saturated carbocycles. The largest absolute Gasteiger partial charge is 0.501 e. The lowest BCUT2D eigenvalue weighted by molar-refractivity contribution is -1.02. The number of quaternary nitrogens is 1. The fourth-order valence-corrected chi connectivity index (χ4v) is 4.88. The van der Waals surface area contributed by atoms with Crippen LogP contribution in [-0.4, -0.2) is 54.2 Å². The van der Waals surface area contributed by atoms with Gasteiger partial charge < -0.3 is 0 Å². The van der Waals surface area contributed by atoms with Crippen molar-refractivity contribution in [2.75, 3.05) is 11.4 Å². The van der Waals surface area contributed by atoms with Crippen molar-refractivity contribution in [3.05, 3.63) is 65.9 Å². The van der Waals surface area contributed by atoms with Crippen LogP contribution in [0.4, 0.5) is 36.8 Å². The summed E-state index contributed by atoms with van der Waals surface area (Å²) in [6.45, 7) is -0.147. The summed E-state index contributed by atoms with van der Waals surface area (Å²) in [5.74, 6) is -3.91. The lowest BCUT2D eigenvalue weighted by Crippen LogP contribution is -2.53. The molecule has 1 aliphatic heterocycles. The van der Waals surface area contributed by atoms with E-state index in [1.807, 2.05) is 0 Å². The first-order valence-electron chi connectivity index (χ1n) is 10.8. The molecule has 3 aromatic rings. The van der Waals surface area contributed by atoms with Crippen molar-refractivity contribution in [1.29, 1.82) is 0 Å². The maximum Gasteiger partial charge on any atom is 0.501 e. The zero-order chi connectivity index (χ0) is 29.0. The van der Waals surface area contributed by atoms with Crippen LogP contribution in [-0.2, 0) is 30.8 Å². The second-order valence-corrected chi connectivity index (χ2v) is 10.4. The lowest BCUT2D eigenvalue weighted by atomic mass is 10.0. The van der Waals surface area contributed by atoms with Crippen LogP contribution in [0.15, 0.2) is 59.6 Å². The highest BCUT2D eigenvalue weighted by Crippen LogP contribution is 2.36. The molecule has 1 fully saturated rings. The molecule has 4 rings (SSSR count). The fraction of sp³-hybridized carbons (Fsp3) is 0.217. The van der Waals surface area contributed by atoms with Crippen molar-refractivity contribution >= 4 is 44.3 Å². The number of sulfone groups is 1. The number of urea groups is 1. The molecule has 1 aliphatic rings. The fourth-order valence-electron chi connectivity index (χ4n) is 4.12. The number of imide groups is 1. The number of aromatic nitrogens is 1. The van der Waals surface area contributed by atoms with Crippen molar-refractivity contribution in [3.63, 3.8) is 0 Å². The second kappa shape index (κ2) is 9.30. The van der Waals surface area contributed by atoms with Crippen molar-refractivity contribution < 1.29 is 58.6 Å². The Morgan fingerprint density at radius 2 is 1.67 bits per heavy atom. The number of hydroxylamine groups is 3. The molecule has 2 heterocycles. The van der Waals surface area contributed by atoms with E-state index < -0.39 is 67.7 Å². The number of fused-ring (bicyclic) bond motifs is 1. The maximum atomic E-state index is 13.5. The van der Waals surface area contributed by atoms with E-state index in [1.54, 1.807) is 25.1 Å². The molecule has 1 atom stereocenters. The van der Waals surface area contributed by atoms with Gasteiger partial charge in [0.25, 0.3) is 15.7 Å². The molecule has 0 aliphatic carbocycles. The normalized spacial score (nSPS) is 18.6. The van der Waals surface area contributed by atoms with Gasteiger partial charge in [0.05, 0.1) is 16.1 Å². The third-order valence-electron chi connectivity index (χ3n) is 5.87. The number of pyridine rings is 1. The average Bonchev–Trinajstić information content (AvgIpc) is 3.06. The predicted molar refractivity (Wildman–Crippen MR) is 120 cm³/mol. The second-order valence-electron chi connectivity index (χ2n) is 8.48. The van der Waals surface area contributed by atoms with Crippen molar-refractivity contribution in [2.24, 2.45) is 0 Å². The van der Waals surface area contributed by atoms with Gasteiger partial charge in [-0.1, -0.05) is 12.1 Å². The first-order valence-corrected chi connectivity index (χ1v) is 12.3. The summed E-state index contributed by atoms with van der Waals surface area (Å²) in [5, 5.41) is 0.431. The van der Waals surface area contributed by atoms with E-state index in [4.69, 9.17) is 0 Å². The molecule has 206 valence electrons. The zero-order valence-corrected chi connectivity index (χ0v) is 20.4. The van der Waals surface area contributed by atoms with Gasteiger partial charge in [0, 0.05) is 17.1 Å². The summed E-state index contributed by atoms with van der Waals surface area (Å²) < 4.78 is 99.6. The Morgan fingerprint density at radius 1 is 1.03 bits per heavy atom. The van der Waals surface area contributed by atoms with Crippen LogP contribution in [0.1, 0.15) is 11.1 Å². The molecular weight excluding hydrogens is 560 g/mol. The molecule has 0 N–H and O–H groups in total. The van der Waals surface area contributed by atoms with Gasteiger partial charge in [0.1, 0.15) is 0 Å². The van der Waals surface area contributed by atoms with E-state index >= 15 is 0 Å². The minimum Gasteiger partial charge on any atom is -0.267 e. The molecular formula is C23H16F6N3O6S+. The first-order chi connectivity index (χ1) is 18.0. The highest BCUT2D eigenvalue weighted by atomic mass is 32.2. The van der Waals surface area contributed by atoms with E-state index in [2.05, 4.69) is 9.82 Å². The number of hydrogen-bond donors (Lipinski definition) is 0. The third kappa shape index (κ3) is 4.92.